The Labute approximate surface area is 125 Å². The summed E-state index contributed by atoms with van der Waals surface area (Å²) in [4.78, 5) is 11.7. The number of nitrogens with one attached hydrogen (secondary N) is 1. The molecule has 0 spiro atoms. The molecule has 22 heavy (non-hydrogen) atoms. The van der Waals surface area contributed by atoms with Gasteiger partial charge in [0.1, 0.15) is 17.1 Å². The topological polar surface area (TPSA) is 92.8 Å². The molecule has 0 atom stereocenters. The van der Waals surface area contributed by atoms with Crippen LogP contribution in [0, 0.1) is 0 Å². The highest BCUT2D eigenvalue weighted by molar-refractivity contribution is 5.94. The summed E-state index contributed by atoms with van der Waals surface area (Å²) in [5.41, 5.74) is 1.89. The first-order chi connectivity index (χ1) is 10.8. The van der Waals surface area contributed by atoms with Crippen molar-refractivity contribution < 1.29 is 13.9 Å². The van der Waals surface area contributed by atoms with Crippen molar-refractivity contribution in [3.05, 3.63) is 54.4 Å². The van der Waals surface area contributed by atoms with Gasteiger partial charge in [-0.15, -0.1) is 10.2 Å². The Hall–Kier alpha value is -3.22. The van der Waals surface area contributed by atoms with Crippen LogP contribution in [0.15, 0.2) is 63.5 Å². The second-order valence-electron chi connectivity index (χ2n) is 4.32. The summed E-state index contributed by atoms with van der Waals surface area (Å²) in [5, 5.41) is 15.0. The van der Waals surface area contributed by atoms with Gasteiger partial charge < -0.3 is 9.15 Å². The van der Waals surface area contributed by atoms with Crippen molar-refractivity contribution in [1.29, 1.82) is 0 Å². The molecular formula is C15H12N4O3. The maximum Gasteiger partial charge on any atom is 0.340 e. The van der Waals surface area contributed by atoms with Crippen LogP contribution in [0.3, 0.4) is 0 Å². The molecular weight excluding hydrogens is 284 g/mol. The van der Waals surface area contributed by atoms with Gasteiger partial charge in [-0.3, -0.25) is 5.10 Å². The Morgan fingerprint density at radius 2 is 2.00 bits per heavy atom. The molecule has 0 fully saturated rings. The standard InChI is InChI=1S/C15H12N4O3/c1-21-15(20)10-5-2-3-6-11(10)17-18-12-9-16-19-14(12)13-7-4-8-22-13/h2-9H,1H3,(H,16,19). The second kappa shape index (κ2) is 6.04. The molecule has 110 valence electrons. The summed E-state index contributed by atoms with van der Waals surface area (Å²) in [6.45, 7) is 0. The highest BCUT2D eigenvalue weighted by Gasteiger charge is 2.12. The Bertz CT molecular complexity index is 806. The molecule has 7 heteroatoms. The number of H-pyrrole nitrogens is 1. The van der Waals surface area contributed by atoms with Crippen LogP contribution >= 0.6 is 0 Å². The molecule has 0 saturated heterocycles. The third kappa shape index (κ3) is 2.64. The first-order valence-corrected chi connectivity index (χ1v) is 6.46. The fourth-order valence-electron chi connectivity index (χ4n) is 1.91. The van der Waals surface area contributed by atoms with E-state index in [0.717, 1.165) is 0 Å². The van der Waals surface area contributed by atoms with Crippen LogP contribution in [-0.2, 0) is 4.74 Å². The number of nitrogens with zero attached hydrogens (tertiary/aromatic N) is 3. The van der Waals surface area contributed by atoms with E-state index >= 15 is 0 Å². The zero-order chi connectivity index (χ0) is 15.4. The van der Waals surface area contributed by atoms with Crippen molar-refractivity contribution in [2.75, 3.05) is 7.11 Å². The summed E-state index contributed by atoms with van der Waals surface area (Å²) in [5.74, 6) is 0.140. The minimum absolute atomic E-state index is 0.344. The van der Waals surface area contributed by atoms with Gasteiger partial charge in [-0.1, -0.05) is 12.1 Å². The normalized spacial score (nSPS) is 11.0. The summed E-state index contributed by atoms with van der Waals surface area (Å²) >= 11 is 0. The summed E-state index contributed by atoms with van der Waals surface area (Å²) in [6.07, 6.45) is 3.09. The first-order valence-electron chi connectivity index (χ1n) is 6.46. The lowest BCUT2D eigenvalue weighted by Gasteiger charge is -2.01. The predicted molar refractivity (Wildman–Crippen MR) is 78.2 cm³/mol. The Balaban J connectivity index is 1.93. The fourth-order valence-corrected chi connectivity index (χ4v) is 1.91. The number of ether oxygens (including phenoxy) is 1. The van der Waals surface area contributed by atoms with E-state index in [1.807, 2.05) is 0 Å². The monoisotopic (exact) mass is 296 g/mol. The number of esters is 1. The van der Waals surface area contributed by atoms with Crippen molar-refractivity contribution in [2.45, 2.75) is 0 Å². The molecule has 0 saturated carbocycles. The van der Waals surface area contributed by atoms with Crippen molar-refractivity contribution in [2.24, 2.45) is 10.2 Å². The van der Waals surface area contributed by atoms with E-state index in [9.17, 15) is 4.79 Å². The Kier molecular flexibility index (Phi) is 3.78. The molecule has 0 aliphatic carbocycles. The van der Waals surface area contributed by atoms with E-state index in [1.54, 1.807) is 42.7 Å². The van der Waals surface area contributed by atoms with E-state index in [0.29, 0.717) is 28.4 Å². The van der Waals surface area contributed by atoms with Gasteiger partial charge in [0.15, 0.2) is 5.76 Å². The maximum absolute atomic E-state index is 11.7. The summed E-state index contributed by atoms with van der Waals surface area (Å²) in [7, 11) is 1.32. The number of carbonyl (C=O) groups excluding carboxylic acids is 1. The zero-order valence-corrected chi connectivity index (χ0v) is 11.7. The SMILES string of the molecule is COC(=O)c1ccccc1N=Nc1cn[nH]c1-c1ccco1. The third-order valence-corrected chi connectivity index (χ3v) is 2.96. The highest BCUT2D eigenvalue weighted by Crippen LogP contribution is 2.30. The maximum atomic E-state index is 11.7. The quantitative estimate of drug-likeness (QED) is 0.584. The van der Waals surface area contributed by atoms with E-state index in [4.69, 9.17) is 9.15 Å². The number of rotatable bonds is 4. The van der Waals surface area contributed by atoms with Crippen LogP contribution in [0.1, 0.15) is 10.4 Å². The number of hydrogen-bond acceptors (Lipinski definition) is 6. The average Bonchev–Trinajstić information content (AvgIpc) is 3.23. The summed E-state index contributed by atoms with van der Waals surface area (Å²) in [6, 6.07) is 10.4. The van der Waals surface area contributed by atoms with E-state index in [-0.39, 0.29) is 0 Å². The van der Waals surface area contributed by atoms with Gasteiger partial charge in [0, 0.05) is 0 Å². The number of aromatic amines is 1. The molecule has 3 rings (SSSR count). The molecule has 7 nitrogen and oxygen atoms in total. The van der Waals surface area contributed by atoms with Crippen LogP contribution in [-0.4, -0.2) is 23.3 Å². The van der Waals surface area contributed by atoms with Crippen LogP contribution < -0.4 is 0 Å². The summed E-state index contributed by atoms with van der Waals surface area (Å²) < 4.78 is 10.0. The van der Waals surface area contributed by atoms with E-state index < -0.39 is 5.97 Å². The number of furan rings is 1. The Morgan fingerprint density at radius 1 is 1.18 bits per heavy atom. The van der Waals surface area contributed by atoms with Crippen LogP contribution in [0.5, 0.6) is 0 Å². The number of azo groups is 1. The van der Waals surface area contributed by atoms with Gasteiger partial charge in [-0.2, -0.15) is 5.10 Å². The third-order valence-electron chi connectivity index (χ3n) is 2.96. The van der Waals surface area contributed by atoms with Gasteiger partial charge in [0.2, 0.25) is 0 Å². The predicted octanol–water partition coefficient (Wildman–Crippen LogP) is 3.87. The van der Waals surface area contributed by atoms with Gasteiger partial charge in [-0.25, -0.2) is 4.79 Å². The molecule has 0 amide bonds. The van der Waals surface area contributed by atoms with Crippen LogP contribution in [0.2, 0.25) is 0 Å². The lowest BCUT2D eigenvalue weighted by atomic mass is 10.2. The smallest absolute Gasteiger partial charge is 0.340 e. The average molecular weight is 296 g/mol. The van der Waals surface area contributed by atoms with E-state index in [2.05, 4.69) is 20.4 Å². The number of benzene rings is 1. The molecule has 0 radical (unpaired) electrons. The van der Waals surface area contributed by atoms with Gasteiger partial charge >= 0.3 is 5.97 Å². The van der Waals surface area contributed by atoms with Crippen molar-refractivity contribution in [3.63, 3.8) is 0 Å². The molecule has 2 aromatic heterocycles. The van der Waals surface area contributed by atoms with Crippen LogP contribution in [0.4, 0.5) is 11.4 Å². The minimum atomic E-state index is -0.465. The van der Waals surface area contributed by atoms with Crippen molar-refractivity contribution in [3.8, 4) is 11.5 Å². The lowest BCUT2D eigenvalue weighted by Crippen LogP contribution is -2.00. The zero-order valence-electron chi connectivity index (χ0n) is 11.7. The second-order valence-corrected chi connectivity index (χ2v) is 4.32. The number of carbonyl (C=O) groups is 1. The van der Waals surface area contributed by atoms with Gasteiger partial charge in [-0.05, 0) is 24.3 Å². The van der Waals surface area contributed by atoms with E-state index in [1.165, 1.54) is 13.3 Å². The van der Waals surface area contributed by atoms with Crippen LogP contribution in [0.25, 0.3) is 11.5 Å². The molecule has 0 aliphatic heterocycles. The molecule has 1 N–H and O–H groups in total. The number of aromatic nitrogens is 2. The highest BCUT2D eigenvalue weighted by atomic mass is 16.5. The van der Waals surface area contributed by atoms with Crippen molar-refractivity contribution >= 4 is 17.3 Å². The molecule has 0 aliphatic rings. The molecule has 1 aromatic carbocycles. The fraction of sp³-hybridized carbons (Fsp3) is 0.0667. The Morgan fingerprint density at radius 3 is 2.77 bits per heavy atom. The minimum Gasteiger partial charge on any atom is -0.465 e. The number of hydrogen-bond donors (Lipinski definition) is 1. The largest absolute Gasteiger partial charge is 0.465 e. The van der Waals surface area contributed by atoms with Crippen molar-refractivity contribution in [1.82, 2.24) is 10.2 Å². The van der Waals surface area contributed by atoms with Gasteiger partial charge in [0.05, 0.1) is 25.1 Å². The lowest BCUT2D eigenvalue weighted by molar-refractivity contribution is 0.0601. The molecule has 0 unspecified atom stereocenters. The molecule has 0 bridgehead atoms. The van der Waals surface area contributed by atoms with Gasteiger partial charge in [0.25, 0.3) is 0 Å². The number of methoxy groups -OCH3 is 1. The molecule has 3 aromatic rings. The molecule has 2 heterocycles. The first kappa shape index (κ1) is 13.7.